The summed E-state index contributed by atoms with van der Waals surface area (Å²) < 4.78 is 0. The van der Waals surface area contributed by atoms with Crippen molar-refractivity contribution in [2.45, 2.75) is 19.9 Å². The molecule has 5 nitrogen and oxygen atoms in total. The van der Waals surface area contributed by atoms with E-state index in [4.69, 9.17) is 5.73 Å². The number of carbonyl (C=O) groups is 1. The summed E-state index contributed by atoms with van der Waals surface area (Å²) in [4.78, 5) is 18.6. The van der Waals surface area contributed by atoms with Gasteiger partial charge >= 0.3 is 0 Å². The van der Waals surface area contributed by atoms with Crippen molar-refractivity contribution in [2.24, 2.45) is 5.73 Å². The van der Waals surface area contributed by atoms with E-state index in [9.17, 15) is 4.79 Å². The molecule has 0 saturated heterocycles. The molecule has 0 radical (unpaired) electrons. The molecule has 1 aromatic rings. The lowest BCUT2D eigenvalue weighted by Gasteiger charge is -2.01. The summed E-state index contributed by atoms with van der Waals surface area (Å²) in [5.41, 5.74) is 6.01. The Morgan fingerprint density at radius 2 is 2.14 bits per heavy atom. The Bertz CT molecular complexity index is 296. The van der Waals surface area contributed by atoms with Crippen LogP contribution in [0.2, 0.25) is 0 Å². The van der Waals surface area contributed by atoms with Crippen LogP contribution in [0.4, 0.5) is 0 Å². The van der Waals surface area contributed by atoms with Gasteiger partial charge in [0.05, 0.1) is 6.54 Å². The quantitative estimate of drug-likeness (QED) is 0.633. The monoisotopic (exact) mass is 194 g/mol. The number of nitrogens with zero attached hydrogens (tertiary/aromatic N) is 2. The van der Waals surface area contributed by atoms with Crippen LogP contribution in [-0.2, 0) is 11.3 Å². The largest absolute Gasteiger partial charge is 0.370 e. The van der Waals surface area contributed by atoms with E-state index in [1.54, 1.807) is 12.4 Å². The summed E-state index contributed by atoms with van der Waals surface area (Å²) in [6.07, 6.45) is 3.86. The molecule has 14 heavy (non-hydrogen) atoms. The van der Waals surface area contributed by atoms with Gasteiger partial charge in [-0.15, -0.1) is 0 Å². The number of amides is 1. The number of aryl methyl sites for hydroxylation is 1. The van der Waals surface area contributed by atoms with E-state index in [1.807, 2.05) is 6.92 Å². The van der Waals surface area contributed by atoms with E-state index in [0.29, 0.717) is 19.5 Å². The summed E-state index contributed by atoms with van der Waals surface area (Å²) in [7, 11) is 0. The molecule has 1 rings (SSSR count). The van der Waals surface area contributed by atoms with Crippen LogP contribution in [0.1, 0.15) is 17.8 Å². The lowest BCUT2D eigenvalue weighted by Crippen LogP contribution is -2.22. The van der Waals surface area contributed by atoms with Crippen LogP contribution in [0.5, 0.6) is 0 Å². The molecule has 0 unspecified atom stereocenters. The van der Waals surface area contributed by atoms with Crippen molar-refractivity contribution in [1.29, 1.82) is 0 Å². The number of aromatic nitrogens is 2. The summed E-state index contributed by atoms with van der Waals surface area (Å²) in [5.74, 6) is 0.419. The highest BCUT2D eigenvalue weighted by molar-refractivity contribution is 5.73. The lowest BCUT2D eigenvalue weighted by molar-refractivity contribution is -0.117. The van der Waals surface area contributed by atoms with E-state index in [-0.39, 0.29) is 5.91 Å². The van der Waals surface area contributed by atoms with E-state index >= 15 is 0 Å². The van der Waals surface area contributed by atoms with E-state index in [1.165, 1.54) is 0 Å². The molecule has 1 amide bonds. The molecule has 0 aliphatic rings. The number of primary amides is 1. The lowest BCUT2D eigenvalue weighted by atomic mass is 10.4. The molecule has 3 N–H and O–H groups in total. The van der Waals surface area contributed by atoms with Gasteiger partial charge in [-0.05, 0) is 12.5 Å². The highest BCUT2D eigenvalue weighted by Crippen LogP contribution is 1.92. The number of nitrogens with two attached hydrogens (primary N) is 1. The van der Waals surface area contributed by atoms with Gasteiger partial charge in [-0.2, -0.15) is 0 Å². The van der Waals surface area contributed by atoms with Crippen molar-refractivity contribution < 1.29 is 4.79 Å². The minimum absolute atomic E-state index is 0.303. The maximum atomic E-state index is 10.4. The first-order valence-electron chi connectivity index (χ1n) is 4.45. The minimum Gasteiger partial charge on any atom is -0.370 e. The van der Waals surface area contributed by atoms with Crippen LogP contribution in [0.25, 0.3) is 0 Å². The minimum atomic E-state index is -0.303. The summed E-state index contributed by atoms with van der Waals surface area (Å²) in [6.45, 7) is 3.06. The number of carbonyl (C=O) groups excluding carboxylic acids is 1. The van der Waals surface area contributed by atoms with E-state index < -0.39 is 0 Å². The first-order valence-corrected chi connectivity index (χ1v) is 4.45. The van der Waals surface area contributed by atoms with Crippen molar-refractivity contribution in [3.05, 3.63) is 23.8 Å². The number of hydrogen-bond donors (Lipinski definition) is 2. The molecule has 0 saturated carbocycles. The molecule has 0 aliphatic carbocycles. The fraction of sp³-hybridized carbons (Fsp3) is 0.444. The smallest absolute Gasteiger partial charge is 0.218 e. The molecule has 0 spiro atoms. The summed E-state index contributed by atoms with van der Waals surface area (Å²) in [5, 5.41) is 3.03. The Balaban J connectivity index is 2.25. The van der Waals surface area contributed by atoms with Crippen molar-refractivity contribution in [3.63, 3.8) is 0 Å². The molecule has 0 bridgehead atoms. The van der Waals surface area contributed by atoms with Gasteiger partial charge in [-0.1, -0.05) is 0 Å². The van der Waals surface area contributed by atoms with E-state index in [2.05, 4.69) is 15.3 Å². The highest BCUT2D eigenvalue weighted by Gasteiger charge is 1.96. The average molecular weight is 194 g/mol. The van der Waals surface area contributed by atoms with Gasteiger partial charge < -0.3 is 11.1 Å². The zero-order valence-corrected chi connectivity index (χ0v) is 8.16. The predicted octanol–water partition coefficient (Wildman–Crippen LogP) is -0.250. The first-order chi connectivity index (χ1) is 6.68. The highest BCUT2D eigenvalue weighted by atomic mass is 16.1. The van der Waals surface area contributed by atoms with Crippen molar-refractivity contribution in [2.75, 3.05) is 6.54 Å². The van der Waals surface area contributed by atoms with Crippen LogP contribution in [0.3, 0.4) is 0 Å². The molecule has 0 aromatic carbocycles. The van der Waals surface area contributed by atoms with Gasteiger partial charge in [-0.3, -0.25) is 4.79 Å². The first kappa shape index (κ1) is 10.6. The van der Waals surface area contributed by atoms with Crippen molar-refractivity contribution >= 4 is 5.91 Å². The van der Waals surface area contributed by atoms with Crippen molar-refractivity contribution in [3.8, 4) is 0 Å². The molecule has 5 heteroatoms. The maximum absolute atomic E-state index is 10.4. The summed E-state index contributed by atoms with van der Waals surface area (Å²) >= 11 is 0. The van der Waals surface area contributed by atoms with Crippen LogP contribution in [-0.4, -0.2) is 22.4 Å². The van der Waals surface area contributed by atoms with Gasteiger partial charge in [0.25, 0.3) is 0 Å². The zero-order valence-electron chi connectivity index (χ0n) is 8.16. The Kier molecular flexibility index (Phi) is 4.00. The van der Waals surface area contributed by atoms with Crippen LogP contribution >= 0.6 is 0 Å². The van der Waals surface area contributed by atoms with Crippen LogP contribution in [0.15, 0.2) is 12.4 Å². The van der Waals surface area contributed by atoms with Gasteiger partial charge in [0.1, 0.15) is 5.82 Å². The number of hydrogen-bond acceptors (Lipinski definition) is 4. The Morgan fingerprint density at radius 1 is 1.50 bits per heavy atom. The van der Waals surface area contributed by atoms with Gasteiger partial charge in [0, 0.05) is 25.4 Å². The second kappa shape index (κ2) is 5.29. The Morgan fingerprint density at radius 3 is 2.71 bits per heavy atom. The standard InChI is InChI=1S/C9H14N4O/c1-7-4-12-9(13-5-7)6-11-3-2-8(10)14/h4-5,11H,2-3,6H2,1H3,(H2,10,14). The molecule has 1 heterocycles. The van der Waals surface area contributed by atoms with Crippen LogP contribution in [0, 0.1) is 6.92 Å². The van der Waals surface area contributed by atoms with E-state index in [0.717, 1.165) is 11.4 Å². The fourth-order valence-electron chi connectivity index (χ4n) is 0.922. The maximum Gasteiger partial charge on any atom is 0.218 e. The Labute approximate surface area is 82.7 Å². The summed E-state index contributed by atoms with van der Waals surface area (Å²) in [6, 6.07) is 0. The molecule has 0 fully saturated rings. The third-order valence-electron chi connectivity index (χ3n) is 1.67. The third kappa shape index (κ3) is 3.95. The zero-order chi connectivity index (χ0) is 10.4. The normalized spacial score (nSPS) is 10.1. The predicted molar refractivity (Wildman–Crippen MR) is 52.3 cm³/mol. The molecule has 0 aliphatic heterocycles. The van der Waals surface area contributed by atoms with Gasteiger partial charge in [0.2, 0.25) is 5.91 Å². The molecule has 1 aromatic heterocycles. The van der Waals surface area contributed by atoms with Gasteiger partial charge in [0.15, 0.2) is 0 Å². The number of nitrogens with one attached hydrogen (secondary N) is 1. The second-order valence-electron chi connectivity index (χ2n) is 3.07. The fourth-order valence-corrected chi connectivity index (χ4v) is 0.922. The number of rotatable bonds is 5. The molecular formula is C9H14N4O. The molecule has 0 atom stereocenters. The SMILES string of the molecule is Cc1cnc(CNCCC(N)=O)nc1. The molecule has 76 valence electrons. The second-order valence-corrected chi connectivity index (χ2v) is 3.07. The molecular weight excluding hydrogens is 180 g/mol. The third-order valence-corrected chi connectivity index (χ3v) is 1.67. The van der Waals surface area contributed by atoms with Gasteiger partial charge in [-0.25, -0.2) is 9.97 Å². The topological polar surface area (TPSA) is 80.9 Å². The van der Waals surface area contributed by atoms with Crippen LogP contribution < -0.4 is 11.1 Å². The van der Waals surface area contributed by atoms with Crippen molar-refractivity contribution in [1.82, 2.24) is 15.3 Å². The Hall–Kier alpha value is -1.49. The average Bonchev–Trinajstić information content (AvgIpc) is 2.15.